The van der Waals surface area contributed by atoms with Gasteiger partial charge in [-0.25, -0.2) is 0 Å². The number of halogens is 1. The monoisotopic (exact) mass is 291 g/mol. The number of rotatable bonds is 5. The lowest BCUT2D eigenvalue weighted by atomic mass is 10.1. The van der Waals surface area contributed by atoms with E-state index in [4.69, 9.17) is 17.3 Å². The minimum absolute atomic E-state index is 0.634. The van der Waals surface area contributed by atoms with Crippen LogP contribution in [0.3, 0.4) is 0 Å². The molecule has 0 spiro atoms. The average molecular weight is 292 g/mol. The first-order chi connectivity index (χ1) is 9.20. The van der Waals surface area contributed by atoms with Gasteiger partial charge in [-0.05, 0) is 48.7 Å². The molecule has 2 N–H and O–H groups in total. The molecule has 2 aromatic carbocycles. The van der Waals surface area contributed by atoms with Crippen molar-refractivity contribution >= 4 is 23.4 Å². The maximum absolute atomic E-state index is 6.25. The summed E-state index contributed by atoms with van der Waals surface area (Å²) in [7, 11) is 0. The van der Waals surface area contributed by atoms with Crippen molar-refractivity contribution in [2.24, 2.45) is 5.73 Å². The van der Waals surface area contributed by atoms with Crippen LogP contribution in [0.25, 0.3) is 0 Å². The maximum atomic E-state index is 6.25. The minimum Gasteiger partial charge on any atom is -0.330 e. The second-order valence-corrected chi connectivity index (χ2v) is 5.96. The van der Waals surface area contributed by atoms with E-state index in [-0.39, 0.29) is 0 Å². The van der Waals surface area contributed by atoms with Crippen LogP contribution in [0.5, 0.6) is 0 Å². The first-order valence-corrected chi connectivity index (χ1v) is 7.73. The van der Waals surface area contributed by atoms with Crippen molar-refractivity contribution in [1.29, 1.82) is 0 Å². The first-order valence-electron chi connectivity index (χ1n) is 6.36. The van der Waals surface area contributed by atoms with Crippen molar-refractivity contribution in [2.45, 2.75) is 24.0 Å². The van der Waals surface area contributed by atoms with E-state index in [0.29, 0.717) is 6.54 Å². The summed E-state index contributed by atoms with van der Waals surface area (Å²) >= 11 is 8.07. The number of hydrogen-bond donors (Lipinski definition) is 1. The van der Waals surface area contributed by atoms with Crippen LogP contribution in [-0.2, 0) is 12.2 Å². The van der Waals surface area contributed by atoms with Crippen LogP contribution in [0.4, 0.5) is 0 Å². The SMILES string of the molecule is Cc1ccccc1CSc1ccc(CCN)c(Cl)c1. The lowest BCUT2D eigenvalue weighted by molar-refractivity contribution is 0.967. The molecule has 0 fully saturated rings. The van der Waals surface area contributed by atoms with E-state index >= 15 is 0 Å². The van der Waals surface area contributed by atoms with E-state index in [9.17, 15) is 0 Å². The Labute approximate surface area is 124 Å². The molecule has 2 aromatic rings. The zero-order valence-corrected chi connectivity index (χ0v) is 12.6. The van der Waals surface area contributed by atoms with Crippen LogP contribution < -0.4 is 5.73 Å². The van der Waals surface area contributed by atoms with Crippen molar-refractivity contribution < 1.29 is 0 Å². The fourth-order valence-electron chi connectivity index (χ4n) is 1.91. The first kappa shape index (κ1) is 14.4. The third-order valence-electron chi connectivity index (χ3n) is 3.09. The van der Waals surface area contributed by atoms with Crippen molar-refractivity contribution in [3.8, 4) is 0 Å². The Kier molecular flexibility index (Phi) is 5.32. The van der Waals surface area contributed by atoms with Gasteiger partial charge in [0.25, 0.3) is 0 Å². The molecule has 0 radical (unpaired) electrons. The number of hydrogen-bond acceptors (Lipinski definition) is 2. The van der Waals surface area contributed by atoms with Crippen LogP contribution in [0, 0.1) is 6.92 Å². The van der Waals surface area contributed by atoms with Crippen molar-refractivity contribution in [3.63, 3.8) is 0 Å². The highest BCUT2D eigenvalue weighted by molar-refractivity contribution is 7.98. The predicted molar refractivity (Wildman–Crippen MR) is 85.0 cm³/mol. The summed E-state index contributed by atoms with van der Waals surface area (Å²) in [6.45, 7) is 2.78. The second-order valence-electron chi connectivity index (χ2n) is 4.51. The highest BCUT2D eigenvalue weighted by Crippen LogP contribution is 2.28. The molecule has 0 aromatic heterocycles. The Morgan fingerprint density at radius 2 is 1.89 bits per heavy atom. The maximum Gasteiger partial charge on any atom is 0.0449 e. The van der Waals surface area contributed by atoms with Gasteiger partial charge in [0.15, 0.2) is 0 Å². The van der Waals surface area contributed by atoms with Gasteiger partial charge in [-0.2, -0.15) is 0 Å². The Morgan fingerprint density at radius 3 is 2.58 bits per heavy atom. The van der Waals surface area contributed by atoms with Crippen LogP contribution in [-0.4, -0.2) is 6.54 Å². The van der Waals surface area contributed by atoms with Gasteiger partial charge in [0.05, 0.1) is 0 Å². The summed E-state index contributed by atoms with van der Waals surface area (Å²) in [6.07, 6.45) is 0.835. The van der Waals surface area contributed by atoms with Gasteiger partial charge in [-0.15, -0.1) is 11.8 Å². The molecule has 0 bridgehead atoms. The Balaban J connectivity index is 2.04. The molecule has 0 unspecified atom stereocenters. The molecule has 19 heavy (non-hydrogen) atoms. The molecule has 0 aliphatic carbocycles. The molecular formula is C16H18ClNS. The predicted octanol–water partition coefficient (Wildman–Crippen LogP) is 4.44. The smallest absolute Gasteiger partial charge is 0.0449 e. The Hall–Kier alpha value is -0.960. The van der Waals surface area contributed by atoms with E-state index < -0.39 is 0 Å². The van der Waals surface area contributed by atoms with Crippen LogP contribution in [0.2, 0.25) is 5.02 Å². The third-order valence-corrected chi connectivity index (χ3v) is 4.49. The summed E-state index contributed by atoms with van der Waals surface area (Å²) in [6, 6.07) is 14.7. The van der Waals surface area contributed by atoms with Gasteiger partial charge in [-0.3, -0.25) is 0 Å². The second kappa shape index (κ2) is 6.99. The topological polar surface area (TPSA) is 26.0 Å². The fraction of sp³-hybridized carbons (Fsp3) is 0.250. The van der Waals surface area contributed by atoms with E-state index in [2.05, 4.69) is 43.3 Å². The quantitative estimate of drug-likeness (QED) is 0.824. The summed E-state index contributed by atoms with van der Waals surface area (Å²) in [5.41, 5.74) is 9.39. The average Bonchev–Trinajstić information content (AvgIpc) is 2.41. The van der Waals surface area contributed by atoms with Crippen LogP contribution in [0.15, 0.2) is 47.4 Å². The molecule has 2 rings (SSSR count). The molecule has 0 amide bonds. The number of aryl methyl sites for hydroxylation is 1. The Morgan fingerprint density at radius 1 is 1.11 bits per heavy atom. The fourth-order valence-corrected chi connectivity index (χ4v) is 3.26. The molecule has 0 saturated heterocycles. The number of benzene rings is 2. The molecule has 0 saturated carbocycles. The van der Waals surface area contributed by atoms with Crippen molar-refractivity contribution in [2.75, 3.05) is 6.54 Å². The number of nitrogens with two attached hydrogens (primary N) is 1. The van der Waals surface area contributed by atoms with E-state index in [1.165, 1.54) is 16.0 Å². The molecule has 1 nitrogen and oxygen atoms in total. The van der Waals surface area contributed by atoms with E-state index in [1.54, 1.807) is 0 Å². The molecule has 0 heterocycles. The summed E-state index contributed by atoms with van der Waals surface area (Å²) in [5.74, 6) is 0.971. The highest BCUT2D eigenvalue weighted by Gasteiger charge is 2.03. The molecule has 3 heteroatoms. The summed E-state index contributed by atoms with van der Waals surface area (Å²) in [5, 5.41) is 0.820. The van der Waals surface area contributed by atoms with Gasteiger partial charge in [0.2, 0.25) is 0 Å². The normalized spacial score (nSPS) is 10.7. The molecule has 0 atom stereocenters. The van der Waals surface area contributed by atoms with Gasteiger partial charge >= 0.3 is 0 Å². The summed E-state index contributed by atoms with van der Waals surface area (Å²) < 4.78 is 0. The molecule has 0 aliphatic heterocycles. The summed E-state index contributed by atoms with van der Waals surface area (Å²) in [4.78, 5) is 1.20. The molecule has 0 aliphatic rings. The van der Waals surface area contributed by atoms with Crippen LogP contribution >= 0.6 is 23.4 Å². The third kappa shape index (κ3) is 4.00. The highest BCUT2D eigenvalue weighted by atomic mass is 35.5. The largest absolute Gasteiger partial charge is 0.330 e. The van der Waals surface area contributed by atoms with E-state index in [0.717, 1.165) is 22.8 Å². The Bertz CT molecular complexity index is 554. The zero-order valence-electron chi connectivity index (χ0n) is 11.0. The van der Waals surface area contributed by atoms with Crippen molar-refractivity contribution in [3.05, 3.63) is 64.2 Å². The van der Waals surface area contributed by atoms with Crippen LogP contribution in [0.1, 0.15) is 16.7 Å². The molecule has 100 valence electrons. The standard InChI is InChI=1S/C16H18ClNS/c1-12-4-2-3-5-14(12)11-19-15-7-6-13(8-9-18)16(17)10-15/h2-7,10H,8-9,11,18H2,1H3. The van der Waals surface area contributed by atoms with Gasteiger partial charge in [0, 0.05) is 15.7 Å². The van der Waals surface area contributed by atoms with Gasteiger partial charge in [0.1, 0.15) is 0 Å². The lowest BCUT2D eigenvalue weighted by Gasteiger charge is -2.08. The molecular weight excluding hydrogens is 274 g/mol. The lowest BCUT2D eigenvalue weighted by Crippen LogP contribution is -2.03. The number of thioether (sulfide) groups is 1. The van der Waals surface area contributed by atoms with Gasteiger partial charge in [-0.1, -0.05) is 41.9 Å². The van der Waals surface area contributed by atoms with Gasteiger partial charge < -0.3 is 5.73 Å². The van der Waals surface area contributed by atoms with E-state index in [1.807, 2.05) is 17.8 Å². The minimum atomic E-state index is 0.634. The van der Waals surface area contributed by atoms with Crippen molar-refractivity contribution in [1.82, 2.24) is 0 Å². The zero-order chi connectivity index (χ0) is 13.7.